The van der Waals surface area contributed by atoms with Gasteiger partial charge in [0.1, 0.15) is 5.69 Å². The first-order chi connectivity index (χ1) is 9.12. The largest absolute Gasteiger partial charge is 0.394 e. The molecule has 1 atom stereocenters. The molecule has 0 aromatic carbocycles. The molecule has 1 rings (SSSR count). The van der Waals surface area contributed by atoms with Crippen LogP contribution in [0.2, 0.25) is 0 Å². The quantitative estimate of drug-likeness (QED) is 0.689. The Morgan fingerprint density at radius 2 is 2.32 bits per heavy atom. The number of methoxy groups -OCH3 is 1. The zero-order chi connectivity index (χ0) is 14.3. The number of carbonyl (C=O) groups is 1. The molecule has 19 heavy (non-hydrogen) atoms. The van der Waals surface area contributed by atoms with E-state index in [-0.39, 0.29) is 30.4 Å². The minimum Gasteiger partial charge on any atom is -0.394 e. The Hall–Kier alpha value is -1.73. The van der Waals surface area contributed by atoms with E-state index in [4.69, 9.17) is 9.84 Å². The topological polar surface area (TPSA) is 93.5 Å². The Bertz CT molecular complexity index is 468. The minimum atomic E-state index is -0.410. The standard InChI is InChI=1S/C12H19N3O4/c1-3-9(8-16)13-12(18)10-4-5-11(17)15(14-10)6-7-19-2/h4-5,9,16H,3,6-8H2,1-2H3,(H,13,18). The Kier molecular flexibility index (Phi) is 6.17. The molecule has 0 saturated carbocycles. The highest BCUT2D eigenvalue weighted by atomic mass is 16.5. The summed E-state index contributed by atoms with van der Waals surface area (Å²) in [4.78, 5) is 23.4. The number of amides is 1. The Morgan fingerprint density at radius 3 is 2.89 bits per heavy atom. The fourth-order valence-corrected chi connectivity index (χ4v) is 1.44. The molecule has 1 aromatic heterocycles. The van der Waals surface area contributed by atoms with Crippen LogP contribution in [0.4, 0.5) is 0 Å². The van der Waals surface area contributed by atoms with Crippen molar-refractivity contribution in [3.05, 3.63) is 28.2 Å². The summed E-state index contributed by atoms with van der Waals surface area (Å²) in [5.74, 6) is -0.410. The molecule has 0 aliphatic heterocycles. The molecular weight excluding hydrogens is 250 g/mol. The number of nitrogens with zero attached hydrogens (tertiary/aromatic N) is 2. The van der Waals surface area contributed by atoms with Crippen molar-refractivity contribution in [1.29, 1.82) is 0 Å². The summed E-state index contributed by atoms with van der Waals surface area (Å²) in [6.45, 7) is 2.35. The molecule has 1 heterocycles. The van der Waals surface area contributed by atoms with E-state index >= 15 is 0 Å². The van der Waals surface area contributed by atoms with Crippen molar-refractivity contribution in [2.75, 3.05) is 20.3 Å². The molecule has 7 nitrogen and oxygen atoms in total. The smallest absolute Gasteiger partial charge is 0.272 e. The lowest BCUT2D eigenvalue weighted by Crippen LogP contribution is -2.38. The Labute approximate surface area is 111 Å². The van der Waals surface area contributed by atoms with Gasteiger partial charge in [0.05, 0.1) is 25.8 Å². The van der Waals surface area contributed by atoms with Gasteiger partial charge in [-0.05, 0) is 12.5 Å². The molecular formula is C12H19N3O4. The normalized spacial score (nSPS) is 12.2. The molecule has 0 aliphatic rings. The van der Waals surface area contributed by atoms with Gasteiger partial charge in [0, 0.05) is 13.2 Å². The van der Waals surface area contributed by atoms with E-state index in [1.165, 1.54) is 23.9 Å². The summed E-state index contributed by atoms with van der Waals surface area (Å²) in [6, 6.07) is 2.34. The van der Waals surface area contributed by atoms with Crippen LogP contribution in [0.25, 0.3) is 0 Å². The fraction of sp³-hybridized carbons (Fsp3) is 0.583. The first kappa shape index (κ1) is 15.3. The first-order valence-corrected chi connectivity index (χ1v) is 6.11. The molecule has 7 heteroatoms. The highest BCUT2D eigenvalue weighted by molar-refractivity contribution is 5.92. The van der Waals surface area contributed by atoms with E-state index in [0.29, 0.717) is 13.0 Å². The predicted octanol–water partition coefficient (Wildman–Crippen LogP) is -0.610. The second-order valence-corrected chi connectivity index (χ2v) is 4.03. The van der Waals surface area contributed by atoms with Crippen molar-refractivity contribution in [2.24, 2.45) is 0 Å². The monoisotopic (exact) mass is 269 g/mol. The van der Waals surface area contributed by atoms with Crippen LogP contribution in [-0.2, 0) is 11.3 Å². The van der Waals surface area contributed by atoms with Crippen LogP contribution in [0.15, 0.2) is 16.9 Å². The van der Waals surface area contributed by atoms with Crippen molar-refractivity contribution >= 4 is 5.91 Å². The molecule has 106 valence electrons. The number of carbonyl (C=O) groups excluding carboxylic acids is 1. The molecule has 0 radical (unpaired) electrons. The molecule has 1 amide bonds. The third-order valence-corrected chi connectivity index (χ3v) is 2.65. The van der Waals surface area contributed by atoms with Crippen LogP contribution in [0.1, 0.15) is 23.8 Å². The van der Waals surface area contributed by atoms with E-state index in [2.05, 4.69) is 10.4 Å². The van der Waals surface area contributed by atoms with Gasteiger partial charge in [0.25, 0.3) is 11.5 Å². The number of hydrogen-bond acceptors (Lipinski definition) is 5. The van der Waals surface area contributed by atoms with Crippen LogP contribution in [0.3, 0.4) is 0 Å². The van der Waals surface area contributed by atoms with Gasteiger partial charge in [-0.3, -0.25) is 9.59 Å². The van der Waals surface area contributed by atoms with E-state index in [9.17, 15) is 9.59 Å². The number of aromatic nitrogens is 2. The lowest BCUT2D eigenvalue weighted by atomic mass is 10.2. The van der Waals surface area contributed by atoms with Crippen LogP contribution < -0.4 is 10.9 Å². The number of ether oxygens (including phenoxy) is 1. The molecule has 1 unspecified atom stereocenters. The van der Waals surface area contributed by atoms with Gasteiger partial charge in [-0.1, -0.05) is 6.92 Å². The maximum atomic E-state index is 11.9. The second kappa shape index (κ2) is 7.65. The summed E-state index contributed by atoms with van der Waals surface area (Å²) in [5, 5.41) is 15.6. The van der Waals surface area contributed by atoms with Crippen molar-refractivity contribution in [3.8, 4) is 0 Å². The average molecular weight is 269 g/mol. The number of aliphatic hydroxyl groups is 1. The van der Waals surface area contributed by atoms with Crippen molar-refractivity contribution in [2.45, 2.75) is 25.9 Å². The molecule has 2 N–H and O–H groups in total. The molecule has 0 spiro atoms. The van der Waals surface area contributed by atoms with Crippen LogP contribution in [-0.4, -0.2) is 47.2 Å². The second-order valence-electron chi connectivity index (χ2n) is 4.03. The third kappa shape index (κ3) is 4.46. The summed E-state index contributed by atoms with van der Waals surface area (Å²) >= 11 is 0. The zero-order valence-corrected chi connectivity index (χ0v) is 11.1. The van der Waals surface area contributed by atoms with E-state index < -0.39 is 5.91 Å². The minimum absolute atomic E-state index is 0.133. The highest BCUT2D eigenvalue weighted by Crippen LogP contribution is 1.95. The Morgan fingerprint density at radius 1 is 1.58 bits per heavy atom. The van der Waals surface area contributed by atoms with Gasteiger partial charge in [-0.2, -0.15) is 5.10 Å². The van der Waals surface area contributed by atoms with Crippen molar-refractivity contribution in [1.82, 2.24) is 15.1 Å². The highest BCUT2D eigenvalue weighted by Gasteiger charge is 2.13. The maximum Gasteiger partial charge on any atom is 0.272 e. The molecule has 0 saturated heterocycles. The summed E-state index contributed by atoms with van der Waals surface area (Å²) < 4.78 is 6.05. The molecule has 0 fully saturated rings. The SMILES string of the molecule is CCC(CO)NC(=O)c1ccc(=O)n(CCOC)n1. The van der Waals surface area contributed by atoms with E-state index in [0.717, 1.165) is 0 Å². The van der Waals surface area contributed by atoms with Gasteiger partial charge in [-0.25, -0.2) is 4.68 Å². The van der Waals surface area contributed by atoms with Gasteiger partial charge >= 0.3 is 0 Å². The molecule has 0 aliphatic carbocycles. The maximum absolute atomic E-state index is 11.9. The molecule has 0 bridgehead atoms. The fourth-order valence-electron chi connectivity index (χ4n) is 1.44. The van der Waals surface area contributed by atoms with E-state index in [1.54, 1.807) is 0 Å². The first-order valence-electron chi connectivity index (χ1n) is 6.11. The lowest BCUT2D eigenvalue weighted by Gasteiger charge is -2.13. The summed E-state index contributed by atoms with van der Waals surface area (Å²) in [7, 11) is 1.52. The number of rotatable bonds is 7. The van der Waals surface area contributed by atoms with Crippen LogP contribution in [0.5, 0.6) is 0 Å². The lowest BCUT2D eigenvalue weighted by molar-refractivity contribution is 0.0906. The molecule has 1 aromatic rings. The van der Waals surface area contributed by atoms with Gasteiger partial charge in [0.15, 0.2) is 0 Å². The zero-order valence-electron chi connectivity index (χ0n) is 11.1. The number of aliphatic hydroxyl groups excluding tert-OH is 1. The van der Waals surface area contributed by atoms with Crippen LogP contribution in [0, 0.1) is 0 Å². The van der Waals surface area contributed by atoms with E-state index in [1.807, 2.05) is 6.92 Å². The summed E-state index contributed by atoms with van der Waals surface area (Å²) in [5.41, 5.74) is -0.148. The van der Waals surface area contributed by atoms with Crippen LogP contribution >= 0.6 is 0 Å². The third-order valence-electron chi connectivity index (χ3n) is 2.65. The number of nitrogens with one attached hydrogen (secondary N) is 1. The summed E-state index contributed by atoms with van der Waals surface area (Å²) in [6.07, 6.45) is 0.617. The Balaban J connectivity index is 2.83. The van der Waals surface area contributed by atoms with Crippen molar-refractivity contribution in [3.63, 3.8) is 0 Å². The average Bonchev–Trinajstić information content (AvgIpc) is 2.43. The van der Waals surface area contributed by atoms with Crippen molar-refractivity contribution < 1.29 is 14.6 Å². The predicted molar refractivity (Wildman–Crippen MR) is 69.0 cm³/mol. The number of hydrogen-bond donors (Lipinski definition) is 2. The van der Waals surface area contributed by atoms with Gasteiger partial charge in [-0.15, -0.1) is 0 Å². The van der Waals surface area contributed by atoms with Gasteiger partial charge in [0.2, 0.25) is 0 Å². The van der Waals surface area contributed by atoms with Gasteiger partial charge < -0.3 is 15.2 Å².